The van der Waals surface area contributed by atoms with Gasteiger partial charge in [-0.05, 0) is 19.4 Å². The van der Waals surface area contributed by atoms with Crippen molar-refractivity contribution >= 4 is 17.8 Å². The first-order valence-electron chi connectivity index (χ1n) is 7.28. The first-order valence-corrected chi connectivity index (χ1v) is 7.28. The molecule has 0 aliphatic heterocycles. The van der Waals surface area contributed by atoms with E-state index < -0.39 is 17.8 Å². The summed E-state index contributed by atoms with van der Waals surface area (Å²) in [6.07, 6.45) is 2.72. The second kappa shape index (κ2) is 9.40. The average Bonchev–Trinajstić information content (AvgIpc) is 2.58. The van der Waals surface area contributed by atoms with Gasteiger partial charge < -0.3 is 14.4 Å². The predicted octanol–water partition coefficient (Wildman–Crippen LogP) is 1.87. The van der Waals surface area contributed by atoms with E-state index in [4.69, 9.17) is 4.74 Å². The largest absolute Gasteiger partial charge is 0.463 e. The van der Waals surface area contributed by atoms with Gasteiger partial charge in [0.25, 0.3) is 0 Å². The normalized spacial score (nSPS) is 11.8. The first-order chi connectivity index (χ1) is 11.0. The highest BCUT2D eigenvalue weighted by molar-refractivity contribution is 6.32. The number of hydrogen-bond donors (Lipinski definition) is 0. The number of benzene rings is 1. The third kappa shape index (κ3) is 5.58. The highest BCUT2D eigenvalue weighted by Gasteiger charge is 2.26. The lowest BCUT2D eigenvalue weighted by molar-refractivity contribution is -0.159. The van der Waals surface area contributed by atoms with E-state index in [1.807, 2.05) is 30.3 Å². The molecule has 0 aliphatic carbocycles. The standard InChI is InChI=1S/C17H21NO5/c1-4-23-15(19)11-8-12-18(16(20)17(21)22-3)13(2)14-9-6-5-7-10-14/h5-11,13H,4,12H2,1-3H3/b11-8+/t13-/m1/s1. The molecule has 1 aromatic carbocycles. The van der Waals surface area contributed by atoms with Gasteiger partial charge in [-0.25, -0.2) is 9.59 Å². The summed E-state index contributed by atoms with van der Waals surface area (Å²) in [5.74, 6) is -2.21. The molecule has 0 spiro atoms. The van der Waals surface area contributed by atoms with Crippen molar-refractivity contribution < 1.29 is 23.9 Å². The minimum Gasteiger partial charge on any atom is -0.463 e. The molecule has 0 radical (unpaired) electrons. The fraction of sp³-hybridized carbons (Fsp3) is 0.353. The van der Waals surface area contributed by atoms with Crippen molar-refractivity contribution in [2.45, 2.75) is 19.9 Å². The molecule has 0 fully saturated rings. The van der Waals surface area contributed by atoms with Crippen molar-refractivity contribution in [2.24, 2.45) is 0 Å². The lowest BCUT2D eigenvalue weighted by Crippen LogP contribution is -2.39. The molecular formula is C17H21NO5. The second-order valence-electron chi connectivity index (χ2n) is 4.69. The van der Waals surface area contributed by atoms with Crippen LogP contribution >= 0.6 is 0 Å². The molecule has 0 saturated carbocycles. The Bertz CT molecular complexity index is 568. The number of hydrogen-bond acceptors (Lipinski definition) is 5. The molecule has 6 nitrogen and oxygen atoms in total. The van der Waals surface area contributed by atoms with Crippen LogP contribution in [0.1, 0.15) is 25.5 Å². The number of methoxy groups -OCH3 is 1. The highest BCUT2D eigenvalue weighted by Crippen LogP contribution is 2.20. The van der Waals surface area contributed by atoms with E-state index >= 15 is 0 Å². The maximum atomic E-state index is 12.2. The van der Waals surface area contributed by atoms with Gasteiger partial charge in [0, 0.05) is 12.6 Å². The number of ether oxygens (including phenoxy) is 2. The molecule has 0 heterocycles. The van der Waals surface area contributed by atoms with E-state index in [0.717, 1.165) is 12.7 Å². The van der Waals surface area contributed by atoms with E-state index in [-0.39, 0.29) is 19.2 Å². The quantitative estimate of drug-likeness (QED) is 0.455. The van der Waals surface area contributed by atoms with Gasteiger partial charge in [0.15, 0.2) is 0 Å². The maximum absolute atomic E-state index is 12.2. The molecule has 0 bridgehead atoms. The third-order valence-corrected chi connectivity index (χ3v) is 3.21. The summed E-state index contributed by atoms with van der Waals surface area (Å²) < 4.78 is 9.28. The van der Waals surface area contributed by atoms with Crippen LogP contribution in [0, 0.1) is 0 Å². The molecule has 1 aromatic rings. The summed E-state index contributed by atoms with van der Waals surface area (Å²) in [6, 6.07) is 8.93. The molecule has 0 aliphatic rings. The Morgan fingerprint density at radius 1 is 1.22 bits per heavy atom. The second-order valence-corrected chi connectivity index (χ2v) is 4.69. The smallest absolute Gasteiger partial charge is 0.396 e. The topological polar surface area (TPSA) is 72.9 Å². The number of carbonyl (C=O) groups is 3. The summed E-state index contributed by atoms with van der Waals surface area (Å²) in [5.41, 5.74) is 0.870. The molecule has 1 amide bonds. The Kier molecular flexibility index (Phi) is 7.53. The number of esters is 2. The Morgan fingerprint density at radius 2 is 1.87 bits per heavy atom. The number of amides is 1. The van der Waals surface area contributed by atoms with Crippen molar-refractivity contribution in [1.29, 1.82) is 0 Å². The molecule has 1 rings (SSSR count). The van der Waals surface area contributed by atoms with Gasteiger partial charge in [0.05, 0.1) is 19.8 Å². The maximum Gasteiger partial charge on any atom is 0.396 e. The molecule has 23 heavy (non-hydrogen) atoms. The minimum absolute atomic E-state index is 0.0861. The molecular weight excluding hydrogens is 298 g/mol. The average molecular weight is 319 g/mol. The molecule has 0 saturated heterocycles. The van der Waals surface area contributed by atoms with Crippen LogP contribution in [0.3, 0.4) is 0 Å². The summed E-state index contributed by atoms with van der Waals surface area (Å²) in [7, 11) is 1.15. The van der Waals surface area contributed by atoms with Crippen LogP contribution in [-0.2, 0) is 23.9 Å². The SMILES string of the molecule is CCOC(=O)/C=C/CN(C(=O)C(=O)OC)[C@H](C)c1ccccc1. The van der Waals surface area contributed by atoms with Crippen molar-refractivity contribution in [3.63, 3.8) is 0 Å². The molecule has 0 unspecified atom stereocenters. The van der Waals surface area contributed by atoms with Crippen LogP contribution in [-0.4, -0.2) is 43.0 Å². The molecule has 6 heteroatoms. The Morgan fingerprint density at radius 3 is 2.43 bits per heavy atom. The van der Waals surface area contributed by atoms with Crippen LogP contribution in [0.4, 0.5) is 0 Å². The number of rotatable bonds is 6. The minimum atomic E-state index is -0.947. The van der Waals surface area contributed by atoms with Crippen LogP contribution < -0.4 is 0 Å². The van der Waals surface area contributed by atoms with Crippen LogP contribution in [0.25, 0.3) is 0 Å². The van der Waals surface area contributed by atoms with Crippen LogP contribution in [0.15, 0.2) is 42.5 Å². The van der Waals surface area contributed by atoms with Crippen molar-refractivity contribution in [3.8, 4) is 0 Å². The van der Waals surface area contributed by atoms with Gasteiger partial charge in [0.1, 0.15) is 0 Å². The summed E-state index contributed by atoms with van der Waals surface area (Å²) >= 11 is 0. The van der Waals surface area contributed by atoms with Crippen LogP contribution in [0.2, 0.25) is 0 Å². The molecule has 0 N–H and O–H groups in total. The summed E-state index contributed by atoms with van der Waals surface area (Å²) in [5, 5.41) is 0. The number of carbonyl (C=O) groups excluding carboxylic acids is 3. The Labute approximate surface area is 135 Å². The van der Waals surface area contributed by atoms with E-state index in [2.05, 4.69) is 4.74 Å². The molecule has 124 valence electrons. The Balaban J connectivity index is 2.91. The fourth-order valence-electron chi connectivity index (χ4n) is 1.99. The zero-order chi connectivity index (χ0) is 17.2. The van der Waals surface area contributed by atoms with E-state index in [0.29, 0.717) is 0 Å². The zero-order valence-electron chi connectivity index (χ0n) is 13.5. The monoisotopic (exact) mass is 319 g/mol. The van der Waals surface area contributed by atoms with Crippen molar-refractivity contribution in [2.75, 3.05) is 20.3 Å². The summed E-state index contributed by atoms with van der Waals surface area (Å²) in [4.78, 5) is 36.4. The first kappa shape index (κ1) is 18.4. The van der Waals surface area contributed by atoms with Crippen molar-refractivity contribution in [3.05, 3.63) is 48.0 Å². The van der Waals surface area contributed by atoms with Crippen molar-refractivity contribution in [1.82, 2.24) is 4.90 Å². The molecule has 1 atom stereocenters. The number of nitrogens with zero attached hydrogens (tertiary/aromatic N) is 1. The molecule has 0 aromatic heterocycles. The fourth-order valence-corrected chi connectivity index (χ4v) is 1.99. The van der Waals surface area contributed by atoms with Gasteiger partial charge in [0.2, 0.25) is 0 Å². The van der Waals surface area contributed by atoms with Crippen LogP contribution in [0.5, 0.6) is 0 Å². The zero-order valence-corrected chi connectivity index (χ0v) is 13.5. The van der Waals surface area contributed by atoms with E-state index in [9.17, 15) is 14.4 Å². The van der Waals surface area contributed by atoms with Gasteiger partial charge in [-0.3, -0.25) is 4.79 Å². The van der Waals surface area contributed by atoms with Gasteiger partial charge in [-0.1, -0.05) is 36.4 Å². The van der Waals surface area contributed by atoms with Gasteiger partial charge in [-0.2, -0.15) is 0 Å². The van der Waals surface area contributed by atoms with Gasteiger partial charge >= 0.3 is 17.8 Å². The highest BCUT2D eigenvalue weighted by atomic mass is 16.5. The van der Waals surface area contributed by atoms with E-state index in [1.54, 1.807) is 13.8 Å². The van der Waals surface area contributed by atoms with E-state index in [1.165, 1.54) is 17.1 Å². The Hall–Kier alpha value is -2.63. The van der Waals surface area contributed by atoms with Gasteiger partial charge in [-0.15, -0.1) is 0 Å². The lowest BCUT2D eigenvalue weighted by atomic mass is 10.1. The third-order valence-electron chi connectivity index (χ3n) is 3.21. The summed E-state index contributed by atoms with van der Waals surface area (Å²) in [6.45, 7) is 3.86. The predicted molar refractivity (Wildman–Crippen MR) is 84.4 cm³/mol. The lowest BCUT2D eigenvalue weighted by Gasteiger charge is -2.27.